The zero-order chi connectivity index (χ0) is 12.5. The monoisotopic (exact) mass is 240 g/mol. The average Bonchev–Trinajstić information content (AvgIpc) is 2.64. The summed E-state index contributed by atoms with van der Waals surface area (Å²) in [5, 5.41) is 3.57. The van der Waals surface area contributed by atoms with Crippen LogP contribution in [0.1, 0.15) is 46.5 Å². The first kappa shape index (κ1) is 12.7. The van der Waals surface area contributed by atoms with E-state index in [1.54, 1.807) is 0 Å². The lowest BCUT2D eigenvalue weighted by molar-refractivity contribution is 0.0124. The molecule has 98 valence electrons. The molecule has 4 heteroatoms. The number of likely N-dealkylation sites (tertiary alicyclic amines) is 1. The van der Waals surface area contributed by atoms with Gasteiger partial charge in [0.05, 0.1) is 0 Å². The maximum absolute atomic E-state index is 12.0. The Morgan fingerprint density at radius 2 is 2.00 bits per heavy atom. The van der Waals surface area contributed by atoms with E-state index in [9.17, 15) is 4.79 Å². The molecule has 0 unspecified atom stereocenters. The molecule has 1 atom stereocenters. The molecular formula is C13H24N2O2. The molecule has 0 aromatic heterocycles. The molecule has 0 aliphatic carbocycles. The van der Waals surface area contributed by atoms with Crippen molar-refractivity contribution in [2.24, 2.45) is 0 Å². The number of nitrogens with zero attached hydrogens (tertiary/aromatic N) is 1. The first-order valence-corrected chi connectivity index (χ1v) is 6.63. The van der Waals surface area contributed by atoms with Crippen LogP contribution in [0.4, 0.5) is 4.79 Å². The molecule has 2 rings (SSSR count). The van der Waals surface area contributed by atoms with Crippen LogP contribution in [-0.4, -0.2) is 41.8 Å². The van der Waals surface area contributed by atoms with Gasteiger partial charge in [0.25, 0.3) is 0 Å². The summed E-state index contributed by atoms with van der Waals surface area (Å²) in [6.45, 7) is 8.47. The van der Waals surface area contributed by atoms with Gasteiger partial charge in [-0.3, -0.25) is 0 Å². The Labute approximate surface area is 104 Å². The fourth-order valence-corrected chi connectivity index (χ4v) is 2.83. The van der Waals surface area contributed by atoms with Crippen molar-refractivity contribution in [1.29, 1.82) is 0 Å². The first-order chi connectivity index (χ1) is 7.90. The Hall–Kier alpha value is -0.770. The van der Waals surface area contributed by atoms with Gasteiger partial charge < -0.3 is 15.0 Å². The number of hydrogen-bond donors (Lipinski definition) is 1. The third-order valence-electron chi connectivity index (χ3n) is 3.56. The number of piperidine rings is 1. The van der Waals surface area contributed by atoms with Crippen LogP contribution in [0.15, 0.2) is 0 Å². The lowest BCUT2D eigenvalue weighted by atomic mass is 9.88. The van der Waals surface area contributed by atoms with E-state index in [-0.39, 0.29) is 11.6 Å². The number of rotatable bonds is 0. The van der Waals surface area contributed by atoms with Gasteiger partial charge >= 0.3 is 6.09 Å². The summed E-state index contributed by atoms with van der Waals surface area (Å²) < 4.78 is 5.44. The number of ether oxygens (including phenoxy) is 1. The number of nitrogens with one attached hydrogen (secondary N) is 1. The average molecular weight is 240 g/mol. The van der Waals surface area contributed by atoms with Crippen molar-refractivity contribution < 1.29 is 9.53 Å². The molecule has 1 amide bonds. The summed E-state index contributed by atoms with van der Waals surface area (Å²) in [6.07, 6.45) is 4.51. The zero-order valence-corrected chi connectivity index (χ0v) is 11.2. The zero-order valence-electron chi connectivity index (χ0n) is 11.2. The lowest BCUT2D eigenvalue weighted by Crippen LogP contribution is -2.55. The van der Waals surface area contributed by atoms with Crippen LogP contribution in [0, 0.1) is 0 Å². The summed E-state index contributed by atoms with van der Waals surface area (Å²) in [6, 6.07) is 0. The molecule has 2 aliphatic heterocycles. The maximum Gasteiger partial charge on any atom is 0.410 e. The number of amides is 1. The highest BCUT2D eigenvalue weighted by atomic mass is 16.6. The van der Waals surface area contributed by atoms with Crippen LogP contribution in [0.5, 0.6) is 0 Å². The van der Waals surface area contributed by atoms with Gasteiger partial charge in [-0.05, 0) is 53.0 Å². The van der Waals surface area contributed by atoms with Crippen LogP contribution < -0.4 is 5.32 Å². The predicted octanol–water partition coefficient (Wildman–Crippen LogP) is 2.14. The Morgan fingerprint density at radius 1 is 1.29 bits per heavy atom. The van der Waals surface area contributed by atoms with Crippen molar-refractivity contribution in [2.45, 2.75) is 57.6 Å². The standard InChI is InChI=1S/C13H24N2O2/c1-12(2,3)17-11(16)15-9-5-7-13(10-15)6-4-8-14-13/h14H,4-10H2,1-3H3/t13-/m1/s1. The topological polar surface area (TPSA) is 41.6 Å². The van der Waals surface area contributed by atoms with Crippen molar-refractivity contribution in [3.05, 3.63) is 0 Å². The Bertz CT molecular complexity index is 290. The third kappa shape index (κ3) is 3.12. The molecule has 1 N–H and O–H groups in total. The predicted molar refractivity (Wildman–Crippen MR) is 67.0 cm³/mol. The maximum atomic E-state index is 12.0. The van der Waals surface area contributed by atoms with Crippen LogP contribution in [-0.2, 0) is 4.74 Å². The van der Waals surface area contributed by atoms with Crippen LogP contribution >= 0.6 is 0 Å². The second-order valence-corrected chi connectivity index (χ2v) is 6.32. The Balaban J connectivity index is 1.95. The molecular weight excluding hydrogens is 216 g/mol. The fraction of sp³-hybridized carbons (Fsp3) is 0.923. The fourth-order valence-electron chi connectivity index (χ4n) is 2.83. The van der Waals surface area contributed by atoms with Gasteiger partial charge in [-0.1, -0.05) is 0 Å². The third-order valence-corrected chi connectivity index (χ3v) is 3.56. The van der Waals surface area contributed by atoms with Gasteiger partial charge in [0, 0.05) is 18.6 Å². The number of carbonyl (C=O) groups is 1. The summed E-state index contributed by atoms with van der Waals surface area (Å²) in [5.41, 5.74) is -0.222. The first-order valence-electron chi connectivity index (χ1n) is 6.63. The minimum absolute atomic E-state index is 0.162. The van der Waals surface area contributed by atoms with Crippen molar-refractivity contribution in [2.75, 3.05) is 19.6 Å². The number of carbonyl (C=O) groups excluding carboxylic acids is 1. The van der Waals surface area contributed by atoms with Crippen molar-refractivity contribution in [1.82, 2.24) is 10.2 Å². The second-order valence-electron chi connectivity index (χ2n) is 6.32. The molecule has 4 nitrogen and oxygen atoms in total. The number of hydrogen-bond acceptors (Lipinski definition) is 3. The van der Waals surface area contributed by atoms with E-state index in [1.807, 2.05) is 25.7 Å². The quantitative estimate of drug-likeness (QED) is 0.705. The van der Waals surface area contributed by atoms with Gasteiger partial charge in [-0.2, -0.15) is 0 Å². The van der Waals surface area contributed by atoms with E-state index < -0.39 is 5.60 Å². The molecule has 0 bridgehead atoms. The highest BCUT2D eigenvalue weighted by molar-refractivity contribution is 5.68. The normalized spacial score (nSPS) is 29.7. The van der Waals surface area contributed by atoms with Crippen LogP contribution in [0.3, 0.4) is 0 Å². The van der Waals surface area contributed by atoms with Gasteiger partial charge in [0.2, 0.25) is 0 Å². The van der Waals surface area contributed by atoms with E-state index in [0.29, 0.717) is 0 Å². The second kappa shape index (κ2) is 4.48. The smallest absolute Gasteiger partial charge is 0.410 e. The Morgan fingerprint density at radius 3 is 2.59 bits per heavy atom. The van der Waals surface area contributed by atoms with E-state index >= 15 is 0 Å². The molecule has 0 saturated carbocycles. The summed E-state index contributed by atoms with van der Waals surface area (Å²) >= 11 is 0. The van der Waals surface area contributed by atoms with Gasteiger partial charge in [0.1, 0.15) is 5.60 Å². The minimum Gasteiger partial charge on any atom is -0.444 e. The summed E-state index contributed by atoms with van der Waals surface area (Å²) in [7, 11) is 0. The van der Waals surface area contributed by atoms with E-state index in [2.05, 4.69) is 5.32 Å². The molecule has 2 heterocycles. The van der Waals surface area contributed by atoms with E-state index in [4.69, 9.17) is 4.74 Å². The molecule has 0 radical (unpaired) electrons. The molecule has 17 heavy (non-hydrogen) atoms. The molecule has 2 saturated heterocycles. The summed E-state index contributed by atoms with van der Waals surface area (Å²) in [5.74, 6) is 0. The largest absolute Gasteiger partial charge is 0.444 e. The van der Waals surface area contributed by atoms with Gasteiger partial charge in [-0.15, -0.1) is 0 Å². The molecule has 0 aromatic rings. The van der Waals surface area contributed by atoms with Crippen molar-refractivity contribution >= 4 is 6.09 Å². The lowest BCUT2D eigenvalue weighted by Gasteiger charge is -2.40. The molecule has 2 fully saturated rings. The van der Waals surface area contributed by atoms with Gasteiger partial charge in [0.15, 0.2) is 0 Å². The van der Waals surface area contributed by atoms with Crippen molar-refractivity contribution in [3.63, 3.8) is 0 Å². The van der Waals surface area contributed by atoms with Crippen LogP contribution in [0.2, 0.25) is 0 Å². The minimum atomic E-state index is -0.398. The molecule has 1 spiro atoms. The molecule has 2 aliphatic rings. The van der Waals surface area contributed by atoms with E-state index in [0.717, 1.165) is 26.1 Å². The molecule has 0 aromatic carbocycles. The highest BCUT2D eigenvalue weighted by Crippen LogP contribution is 2.30. The highest BCUT2D eigenvalue weighted by Gasteiger charge is 2.39. The van der Waals surface area contributed by atoms with Crippen molar-refractivity contribution in [3.8, 4) is 0 Å². The van der Waals surface area contributed by atoms with E-state index in [1.165, 1.54) is 19.3 Å². The summed E-state index contributed by atoms with van der Waals surface area (Å²) in [4.78, 5) is 13.9. The Kier molecular flexibility index (Phi) is 3.34. The van der Waals surface area contributed by atoms with Gasteiger partial charge in [-0.25, -0.2) is 4.79 Å². The van der Waals surface area contributed by atoms with Crippen LogP contribution in [0.25, 0.3) is 0 Å². The SMILES string of the molecule is CC(C)(C)OC(=O)N1CCC[C@]2(CCCN2)C1.